The highest BCUT2D eigenvalue weighted by molar-refractivity contribution is 6.40. The van der Waals surface area contributed by atoms with E-state index in [0.717, 1.165) is 0 Å². The lowest BCUT2D eigenvalue weighted by molar-refractivity contribution is 0.162. The number of rotatable bonds is 0. The standard InChI is InChI=1S/C32H40Cl16N8/c33-3-1-2-4(12(35)11(3)34)26-49-25(2)50-27-5-6(14(37)20(43)19(42)13(5)36)28(51-27)52-29-7-8(16(39)22(45)21(44)15(7)38)30(53-29)55-32-10-9(31(54-26)56(32)48)17(40)23(46)24(47)18(10)41/h2-32,49-55H,1H2. The normalized spacial score (nSPS) is 65.0. The van der Waals surface area contributed by atoms with Gasteiger partial charge in [0.05, 0.1) is 130 Å². The van der Waals surface area contributed by atoms with E-state index in [-0.39, 0.29) is 58.9 Å². The fourth-order valence-electron chi connectivity index (χ4n) is 11.8. The minimum Gasteiger partial charge on any atom is -0.286 e. The Morgan fingerprint density at radius 2 is 0.554 bits per heavy atom. The van der Waals surface area contributed by atoms with Crippen molar-refractivity contribution in [1.29, 1.82) is 0 Å². The van der Waals surface area contributed by atoms with E-state index in [1.807, 2.05) is 0 Å². The van der Waals surface area contributed by atoms with Crippen LogP contribution in [0.5, 0.6) is 0 Å². The largest absolute Gasteiger partial charge is 0.286 e. The molecule has 4 aliphatic carbocycles. The number of hydrogen-bond donors (Lipinski definition) is 7. The topological polar surface area (TPSA) is 87.4 Å². The van der Waals surface area contributed by atoms with E-state index in [9.17, 15) is 0 Å². The third-order valence-electron chi connectivity index (χ3n) is 14.4. The van der Waals surface area contributed by atoms with Gasteiger partial charge in [-0.25, -0.2) is 0 Å². The van der Waals surface area contributed by atoms with Crippen molar-refractivity contribution in [2.75, 3.05) is 0 Å². The van der Waals surface area contributed by atoms with E-state index in [1.165, 1.54) is 0 Å². The highest BCUT2D eigenvalue weighted by Gasteiger charge is 2.66. The van der Waals surface area contributed by atoms with Gasteiger partial charge in [0.1, 0.15) is 0 Å². The Bertz CT molecular complexity index is 1470. The summed E-state index contributed by atoms with van der Waals surface area (Å²) < 4.78 is 1.71. The van der Waals surface area contributed by atoms with Crippen LogP contribution in [0, 0.1) is 47.3 Å². The Balaban J connectivity index is 1.16. The maximum Gasteiger partial charge on any atom is 0.0819 e. The molecule has 0 aromatic carbocycles. The summed E-state index contributed by atoms with van der Waals surface area (Å²) in [6, 6.07) is 0. The zero-order valence-corrected chi connectivity index (χ0v) is 40.7. The third-order valence-corrected chi connectivity index (χ3v) is 24.5. The number of hydrogen-bond acceptors (Lipinski definition) is 8. The van der Waals surface area contributed by atoms with Gasteiger partial charge < -0.3 is 0 Å². The molecule has 0 spiro atoms. The van der Waals surface area contributed by atoms with Crippen LogP contribution in [0.3, 0.4) is 0 Å². The molecule has 9 fully saturated rings. The zero-order chi connectivity index (χ0) is 40.1. The molecule has 8 nitrogen and oxygen atoms in total. The predicted molar refractivity (Wildman–Crippen MR) is 237 cm³/mol. The van der Waals surface area contributed by atoms with Crippen molar-refractivity contribution in [3.8, 4) is 0 Å². The quantitative estimate of drug-likeness (QED) is 0.106. The molecule has 9 aliphatic rings. The Labute approximate surface area is 407 Å². The van der Waals surface area contributed by atoms with Gasteiger partial charge in [-0.3, -0.25) is 37.2 Å². The lowest BCUT2D eigenvalue weighted by Crippen LogP contribution is -2.62. The summed E-state index contributed by atoms with van der Waals surface area (Å²) >= 11 is 114. The molecular weight excluding hydrogens is 1060 g/mol. The minimum atomic E-state index is -0.654. The lowest BCUT2D eigenvalue weighted by atomic mass is 9.75. The van der Waals surface area contributed by atoms with E-state index in [4.69, 9.17) is 186 Å². The van der Waals surface area contributed by atoms with Crippen LogP contribution in [0.25, 0.3) is 0 Å². The van der Waals surface area contributed by atoms with E-state index in [1.54, 1.807) is 4.42 Å². The highest BCUT2D eigenvalue weighted by Crippen LogP contribution is 2.55. The van der Waals surface area contributed by atoms with E-state index in [2.05, 4.69) is 37.2 Å². The summed E-state index contributed by atoms with van der Waals surface area (Å²) in [5.41, 5.74) is 0. The van der Waals surface area contributed by atoms with Gasteiger partial charge in [0, 0.05) is 41.4 Å². The van der Waals surface area contributed by atoms with Crippen LogP contribution >= 0.6 is 186 Å². The first-order chi connectivity index (χ1) is 26.4. The fraction of sp³-hybridized carbons (Fsp3) is 1.00. The SMILES string of the molecule is ClC1CC2C3NC(NC4C5C(Cl)C(Cl)C(Cl)C(Cl)C5C(NC5NC(NC6NC(N3)C3C(Cl)C(Cl)C(Cl)C(Cl)C63)C3C(Cl)C(Cl)C(Cl)C(Cl)C53)N4Cl)C2C(Cl)C1Cl. The summed E-state index contributed by atoms with van der Waals surface area (Å²) in [5, 5.41) is 18.0. The van der Waals surface area contributed by atoms with Gasteiger partial charge in [-0.2, -0.15) is 4.42 Å². The van der Waals surface area contributed by atoms with Crippen LogP contribution < -0.4 is 37.2 Å². The van der Waals surface area contributed by atoms with Crippen LogP contribution in [0.15, 0.2) is 0 Å². The molecule has 320 valence electrons. The van der Waals surface area contributed by atoms with Gasteiger partial charge in [0.2, 0.25) is 0 Å². The second-order valence-electron chi connectivity index (χ2n) is 16.9. The smallest absolute Gasteiger partial charge is 0.0819 e. The molecule has 24 heteroatoms. The molecule has 7 N–H and O–H groups in total. The molecule has 31 atom stereocenters. The molecule has 8 bridgehead atoms. The van der Waals surface area contributed by atoms with Crippen LogP contribution in [-0.4, -0.2) is 134 Å². The van der Waals surface area contributed by atoms with Crippen LogP contribution in [0.1, 0.15) is 6.42 Å². The van der Waals surface area contributed by atoms with Gasteiger partial charge in [-0.1, -0.05) is 0 Å². The molecule has 56 heavy (non-hydrogen) atoms. The summed E-state index contributed by atoms with van der Waals surface area (Å²) in [6.07, 6.45) is -3.08. The molecule has 0 radical (unpaired) electrons. The average Bonchev–Trinajstić information content (AvgIpc) is 3.89. The van der Waals surface area contributed by atoms with Crippen LogP contribution in [-0.2, 0) is 0 Å². The molecular formula is C32H40Cl16N8. The predicted octanol–water partition coefficient (Wildman–Crippen LogP) is 6.73. The van der Waals surface area contributed by atoms with E-state index >= 15 is 0 Å². The number of nitrogens with zero attached hydrogens (tertiary/aromatic N) is 1. The molecule has 0 aromatic heterocycles. The van der Waals surface area contributed by atoms with Gasteiger partial charge >= 0.3 is 0 Å². The molecule has 5 heterocycles. The van der Waals surface area contributed by atoms with Crippen molar-refractivity contribution in [1.82, 2.24) is 41.6 Å². The molecule has 9 rings (SSSR count). The summed E-state index contributed by atoms with van der Waals surface area (Å²) in [6.45, 7) is 0. The van der Waals surface area contributed by atoms with Crippen LogP contribution in [0.4, 0.5) is 0 Å². The molecule has 5 aliphatic heterocycles. The third kappa shape index (κ3) is 7.10. The van der Waals surface area contributed by atoms with Crippen molar-refractivity contribution in [3.05, 3.63) is 0 Å². The summed E-state index contributed by atoms with van der Waals surface area (Å²) in [5.74, 6) is -2.23. The van der Waals surface area contributed by atoms with Gasteiger partial charge in [0.15, 0.2) is 0 Å². The Morgan fingerprint density at radius 3 is 0.911 bits per heavy atom. The average molecular weight is 1100 g/mol. The second kappa shape index (κ2) is 17.2. The maximum absolute atomic E-state index is 7.50. The monoisotopic (exact) mass is 1100 g/mol. The van der Waals surface area contributed by atoms with Gasteiger partial charge in [-0.05, 0) is 24.1 Å². The van der Waals surface area contributed by atoms with Crippen molar-refractivity contribution in [3.63, 3.8) is 0 Å². The van der Waals surface area contributed by atoms with Crippen molar-refractivity contribution in [2.24, 2.45) is 47.3 Å². The highest BCUT2D eigenvalue weighted by atomic mass is 35.5. The van der Waals surface area contributed by atoms with E-state index in [0.29, 0.717) is 6.42 Å². The molecule has 0 aromatic rings. The summed E-state index contributed by atoms with van der Waals surface area (Å²) in [4.78, 5) is 0. The minimum absolute atomic E-state index is 0.0727. The van der Waals surface area contributed by atoms with Crippen molar-refractivity contribution < 1.29 is 0 Å². The lowest BCUT2D eigenvalue weighted by Gasteiger charge is -2.45. The first-order valence-corrected chi connectivity index (χ1v) is 25.7. The number of nitrogens with one attached hydrogen (secondary N) is 7. The Hall–Kier alpha value is 4.32. The summed E-state index contributed by atoms with van der Waals surface area (Å²) in [7, 11) is 0. The fourth-order valence-corrected chi connectivity index (χ4v) is 18.6. The van der Waals surface area contributed by atoms with Crippen LogP contribution in [0.2, 0.25) is 0 Å². The zero-order valence-electron chi connectivity index (χ0n) is 28.6. The second-order valence-corrected chi connectivity index (χ2v) is 25.0. The number of halogens is 16. The molecule has 5 saturated heterocycles. The van der Waals surface area contributed by atoms with Gasteiger partial charge in [-0.15, -0.1) is 174 Å². The van der Waals surface area contributed by atoms with Crippen molar-refractivity contribution in [2.45, 2.75) is 136 Å². The molecule has 0 amide bonds. The number of alkyl halides is 15. The Kier molecular flexibility index (Phi) is 14.0. The first-order valence-electron chi connectivity index (χ1n) is 18.8. The maximum atomic E-state index is 7.50. The Morgan fingerprint density at radius 1 is 0.286 bits per heavy atom. The number of fused-ring (bicyclic) bond motifs is 20. The molecule has 31 unspecified atom stereocenters. The van der Waals surface area contributed by atoms with Gasteiger partial charge in [0.25, 0.3) is 0 Å². The van der Waals surface area contributed by atoms with E-state index < -0.39 is 118 Å². The van der Waals surface area contributed by atoms with Crippen molar-refractivity contribution >= 4 is 186 Å². The first kappa shape index (κ1) is 45.5. The molecule has 4 saturated carbocycles.